The molecule has 1 aromatic carbocycles. The molecule has 0 unspecified atom stereocenters. The van der Waals surface area contributed by atoms with Gasteiger partial charge in [0.15, 0.2) is 0 Å². The number of hydrogen-bond acceptors (Lipinski definition) is 2. The molecule has 1 N–H and O–H groups in total. The zero-order chi connectivity index (χ0) is 10.6. The number of carbonyl (C=O) groups is 1. The summed E-state index contributed by atoms with van der Waals surface area (Å²) in [6.45, 7) is 3.44. The van der Waals surface area contributed by atoms with E-state index in [1.54, 1.807) is 7.11 Å². The molecule has 0 heterocycles. The summed E-state index contributed by atoms with van der Waals surface area (Å²) in [5, 5.41) is 2.81. The second-order valence-electron chi connectivity index (χ2n) is 3.16. The van der Waals surface area contributed by atoms with Crippen LogP contribution in [-0.4, -0.2) is 13.0 Å². The Morgan fingerprint density at radius 1 is 1.43 bits per heavy atom. The first-order valence-electron chi connectivity index (χ1n) is 4.55. The number of rotatable bonds is 3. The first kappa shape index (κ1) is 10.6. The van der Waals surface area contributed by atoms with Gasteiger partial charge in [-0.2, -0.15) is 0 Å². The van der Waals surface area contributed by atoms with Crippen molar-refractivity contribution in [2.24, 2.45) is 0 Å². The third kappa shape index (κ3) is 2.49. The molecule has 0 spiro atoms. The van der Waals surface area contributed by atoms with Crippen molar-refractivity contribution in [3.8, 4) is 5.75 Å². The predicted molar refractivity (Wildman–Crippen MR) is 55.2 cm³/mol. The van der Waals surface area contributed by atoms with E-state index in [1.165, 1.54) is 6.92 Å². The molecule has 3 nitrogen and oxygen atoms in total. The van der Waals surface area contributed by atoms with Crippen LogP contribution in [0.25, 0.3) is 0 Å². The van der Waals surface area contributed by atoms with Gasteiger partial charge < -0.3 is 10.1 Å². The number of para-hydroxylation sites is 1. The van der Waals surface area contributed by atoms with Crippen LogP contribution in [0.1, 0.15) is 25.5 Å². The molecule has 0 radical (unpaired) electrons. The van der Waals surface area contributed by atoms with E-state index in [2.05, 4.69) is 5.32 Å². The molecule has 3 heteroatoms. The van der Waals surface area contributed by atoms with E-state index in [0.717, 1.165) is 11.3 Å². The molecule has 0 aliphatic heterocycles. The summed E-state index contributed by atoms with van der Waals surface area (Å²) in [4.78, 5) is 10.9. The highest BCUT2D eigenvalue weighted by Crippen LogP contribution is 2.23. The molecule has 0 aliphatic carbocycles. The average Bonchev–Trinajstić information content (AvgIpc) is 2.16. The summed E-state index contributed by atoms with van der Waals surface area (Å²) < 4.78 is 5.20. The van der Waals surface area contributed by atoms with Crippen molar-refractivity contribution in [2.75, 3.05) is 7.11 Å². The fourth-order valence-corrected chi connectivity index (χ4v) is 1.41. The standard InChI is InChI=1S/C11H15NO2/c1-8(12-9(2)13)10-6-4-5-7-11(10)14-3/h4-8H,1-3H3,(H,12,13)/t8-/m1/s1. The lowest BCUT2D eigenvalue weighted by Crippen LogP contribution is -2.23. The molecule has 0 aromatic heterocycles. The second-order valence-corrected chi connectivity index (χ2v) is 3.16. The van der Waals surface area contributed by atoms with E-state index >= 15 is 0 Å². The number of nitrogens with one attached hydrogen (secondary N) is 1. The summed E-state index contributed by atoms with van der Waals surface area (Å²) in [6.07, 6.45) is 0. The van der Waals surface area contributed by atoms with Gasteiger partial charge >= 0.3 is 0 Å². The Bertz CT molecular complexity index is 323. The maximum atomic E-state index is 10.9. The lowest BCUT2D eigenvalue weighted by atomic mass is 10.1. The number of ether oxygens (including phenoxy) is 1. The fourth-order valence-electron chi connectivity index (χ4n) is 1.41. The van der Waals surface area contributed by atoms with Crippen molar-refractivity contribution < 1.29 is 9.53 Å². The van der Waals surface area contributed by atoms with E-state index in [0.29, 0.717) is 0 Å². The summed E-state index contributed by atoms with van der Waals surface area (Å²) in [7, 11) is 1.62. The average molecular weight is 193 g/mol. The smallest absolute Gasteiger partial charge is 0.217 e. The summed E-state index contributed by atoms with van der Waals surface area (Å²) >= 11 is 0. The van der Waals surface area contributed by atoms with E-state index in [4.69, 9.17) is 4.74 Å². The van der Waals surface area contributed by atoms with Crippen molar-refractivity contribution in [3.05, 3.63) is 29.8 Å². The Hall–Kier alpha value is -1.51. The van der Waals surface area contributed by atoms with Crippen LogP contribution in [0, 0.1) is 0 Å². The Morgan fingerprint density at radius 3 is 2.64 bits per heavy atom. The molecule has 1 atom stereocenters. The highest BCUT2D eigenvalue weighted by molar-refractivity contribution is 5.73. The first-order valence-corrected chi connectivity index (χ1v) is 4.55. The SMILES string of the molecule is COc1ccccc1[C@@H](C)NC(C)=O. The number of carbonyl (C=O) groups excluding carboxylic acids is 1. The van der Waals surface area contributed by atoms with E-state index in [1.807, 2.05) is 31.2 Å². The normalized spacial score (nSPS) is 11.9. The van der Waals surface area contributed by atoms with Gasteiger partial charge in [0.05, 0.1) is 13.2 Å². The first-order chi connectivity index (χ1) is 6.65. The predicted octanol–water partition coefficient (Wildman–Crippen LogP) is 1.89. The van der Waals surface area contributed by atoms with Crippen molar-refractivity contribution >= 4 is 5.91 Å². The van der Waals surface area contributed by atoms with Crippen LogP contribution >= 0.6 is 0 Å². The van der Waals surface area contributed by atoms with Gasteiger partial charge in [-0.15, -0.1) is 0 Å². The Balaban J connectivity index is 2.87. The molecule has 0 saturated heterocycles. The molecule has 0 bridgehead atoms. The molecular formula is C11H15NO2. The van der Waals surface area contributed by atoms with Gasteiger partial charge in [0.25, 0.3) is 0 Å². The zero-order valence-corrected chi connectivity index (χ0v) is 8.70. The summed E-state index contributed by atoms with van der Waals surface area (Å²) in [5.74, 6) is 0.761. The third-order valence-electron chi connectivity index (χ3n) is 2.03. The molecule has 1 amide bonds. The van der Waals surface area contributed by atoms with Gasteiger partial charge in [0.1, 0.15) is 5.75 Å². The van der Waals surface area contributed by atoms with Crippen LogP contribution in [-0.2, 0) is 4.79 Å². The molecule has 0 fully saturated rings. The number of hydrogen-bond donors (Lipinski definition) is 1. The van der Waals surface area contributed by atoms with Crippen LogP contribution in [0.5, 0.6) is 5.75 Å². The molecule has 0 saturated carbocycles. The molecule has 1 aromatic rings. The van der Waals surface area contributed by atoms with Crippen molar-refractivity contribution in [3.63, 3.8) is 0 Å². The van der Waals surface area contributed by atoms with Crippen molar-refractivity contribution in [1.29, 1.82) is 0 Å². The Labute approximate surface area is 84.1 Å². The minimum atomic E-state index is -0.0385. The van der Waals surface area contributed by atoms with Gasteiger partial charge in [-0.1, -0.05) is 18.2 Å². The van der Waals surface area contributed by atoms with Gasteiger partial charge in [-0.3, -0.25) is 4.79 Å². The largest absolute Gasteiger partial charge is 0.496 e. The lowest BCUT2D eigenvalue weighted by molar-refractivity contribution is -0.119. The maximum absolute atomic E-state index is 10.9. The highest BCUT2D eigenvalue weighted by Gasteiger charge is 2.10. The van der Waals surface area contributed by atoms with E-state index in [-0.39, 0.29) is 11.9 Å². The second kappa shape index (κ2) is 4.65. The molecule has 0 aliphatic rings. The molecular weight excluding hydrogens is 178 g/mol. The molecule has 76 valence electrons. The Kier molecular flexibility index (Phi) is 3.51. The quantitative estimate of drug-likeness (QED) is 0.796. The minimum absolute atomic E-state index is 0.0244. The van der Waals surface area contributed by atoms with E-state index in [9.17, 15) is 4.79 Å². The zero-order valence-electron chi connectivity index (χ0n) is 8.70. The minimum Gasteiger partial charge on any atom is -0.496 e. The molecule has 14 heavy (non-hydrogen) atoms. The Morgan fingerprint density at radius 2 is 2.07 bits per heavy atom. The number of amides is 1. The van der Waals surface area contributed by atoms with Gasteiger partial charge in [0.2, 0.25) is 5.91 Å². The maximum Gasteiger partial charge on any atom is 0.217 e. The third-order valence-corrected chi connectivity index (χ3v) is 2.03. The van der Waals surface area contributed by atoms with Gasteiger partial charge in [-0.05, 0) is 13.0 Å². The van der Waals surface area contributed by atoms with Crippen molar-refractivity contribution in [2.45, 2.75) is 19.9 Å². The van der Waals surface area contributed by atoms with Crippen LogP contribution in [0.2, 0.25) is 0 Å². The monoisotopic (exact) mass is 193 g/mol. The van der Waals surface area contributed by atoms with E-state index < -0.39 is 0 Å². The van der Waals surface area contributed by atoms with Gasteiger partial charge in [0, 0.05) is 12.5 Å². The summed E-state index contributed by atoms with van der Waals surface area (Å²) in [6, 6.07) is 7.63. The van der Waals surface area contributed by atoms with Crippen LogP contribution in [0.4, 0.5) is 0 Å². The lowest BCUT2D eigenvalue weighted by Gasteiger charge is -2.15. The number of benzene rings is 1. The topological polar surface area (TPSA) is 38.3 Å². The molecule has 1 rings (SSSR count). The van der Waals surface area contributed by atoms with Crippen molar-refractivity contribution in [1.82, 2.24) is 5.32 Å². The van der Waals surface area contributed by atoms with Crippen LogP contribution < -0.4 is 10.1 Å². The fraction of sp³-hybridized carbons (Fsp3) is 0.364. The highest BCUT2D eigenvalue weighted by atomic mass is 16.5. The van der Waals surface area contributed by atoms with Crippen LogP contribution in [0.3, 0.4) is 0 Å². The number of methoxy groups -OCH3 is 1. The summed E-state index contributed by atoms with van der Waals surface area (Å²) in [5.41, 5.74) is 0.991. The van der Waals surface area contributed by atoms with Gasteiger partial charge in [-0.25, -0.2) is 0 Å². The van der Waals surface area contributed by atoms with Crippen LogP contribution in [0.15, 0.2) is 24.3 Å².